The van der Waals surface area contributed by atoms with Crippen LogP contribution >= 0.6 is 0 Å². The zero-order valence-electron chi connectivity index (χ0n) is 7.18. The number of carbonyl (C=O) groups is 1. The molecule has 1 aromatic carbocycles. The largest absolute Gasteiger partial charge is 0.273 e. The monoisotopic (exact) mass is 174 g/mol. The highest BCUT2D eigenvalue weighted by molar-refractivity contribution is 5.96. The molecule has 2 rings (SSSR count). The molecule has 0 aromatic heterocycles. The van der Waals surface area contributed by atoms with Gasteiger partial charge in [0.15, 0.2) is 0 Å². The maximum Gasteiger partial charge on any atom is 0.247 e. The molecule has 0 N–H and O–H groups in total. The topological polar surface area (TPSA) is 32.7 Å². The normalized spacial score (nSPS) is 16.3. The van der Waals surface area contributed by atoms with Gasteiger partial charge in [0.2, 0.25) is 5.91 Å². The standard InChI is InChI=1S/C10H10N2O/c13-10-7-4-8-11-12(10)9-5-2-1-3-6-9/h1-3,5-6,8H,4,7H2. The number of hydrogen-bond donors (Lipinski definition) is 0. The molecule has 1 aliphatic heterocycles. The summed E-state index contributed by atoms with van der Waals surface area (Å²) >= 11 is 0. The predicted molar refractivity (Wildman–Crippen MR) is 51.7 cm³/mol. The van der Waals surface area contributed by atoms with Crippen molar-refractivity contribution >= 4 is 17.8 Å². The maximum absolute atomic E-state index is 11.4. The van der Waals surface area contributed by atoms with Crippen molar-refractivity contribution in [2.45, 2.75) is 12.8 Å². The van der Waals surface area contributed by atoms with Crippen LogP contribution in [0.2, 0.25) is 0 Å². The second-order valence-corrected chi connectivity index (χ2v) is 2.88. The summed E-state index contributed by atoms with van der Waals surface area (Å²) in [5.74, 6) is 0.0636. The molecule has 13 heavy (non-hydrogen) atoms. The molecule has 3 nitrogen and oxygen atoms in total. The van der Waals surface area contributed by atoms with E-state index in [1.807, 2.05) is 30.3 Å². The van der Waals surface area contributed by atoms with E-state index in [-0.39, 0.29) is 5.91 Å². The number of anilines is 1. The van der Waals surface area contributed by atoms with Crippen LogP contribution in [0.15, 0.2) is 35.4 Å². The van der Waals surface area contributed by atoms with Gasteiger partial charge < -0.3 is 0 Å². The predicted octanol–water partition coefficient (Wildman–Crippen LogP) is 1.80. The van der Waals surface area contributed by atoms with Crippen molar-refractivity contribution in [2.75, 3.05) is 5.01 Å². The van der Waals surface area contributed by atoms with Crippen LogP contribution in [0.5, 0.6) is 0 Å². The summed E-state index contributed by atoms with van der Waals surface area (Å²) in [5.41, 5.74) is 0.837. The highest BCUT2D eigenvalue weighted by atomic mass is 16.2. The van der Waals surface area contributed by atoms with Gasteiger partial charge in [0.25, 0.3) is 0 Å². The van der Waals surface area contributed by atoms with Crippen LogP contribution in [-0.2, 0) is 4.79 Å². The molecule has 0 unspecified atom stereocenters. The number of hydrogen-bond acceptors (Lipinski definition) is 2. The zero-order chi connectivity index (χ0) is 9.10. The van der Waals surface area contributed by atoms with Crippen LogP contribution in [-0.4, -0.2) is 12.1 Å². The van der Waals surface area contributed by atoms with Gasteiger partial charge >= 0.3 is 0 Å². The molecule has 0 saturated carbocycles. The minimum atomic E-state index is 0.0636. The lowest BCUT2D eigenvalue weighted by Gasteiger charge is -2.19. The summed E-state index contributed by atoms with van der Waals surface area (Å²) in [6.45, 7) is 0. The summed E-state index contributed by atoms with van der Waals surface area (Å²) < 4.78 is 0. The van der Waals surface area contributed by atoms with E-state index < -0.39 is 0 Å². The summed E-state index contributed by atoms with van der Waals surface area (Å²) in [6, 6.07) is 9.46. The molecular formula is C10H10N2O. The molecule has 1 amide bonds. The lowest BCUT2D eigenvalue weighted by Crippen LogP contribution is -2.28. The molecule has 0 bridgehead atoms. The van der Waals surface area contributed by atoms with Gasteiger partial charge in [0.1, 0.15) is 0 Å². The fraction of sp³-hybridized carbons (Fsp3) is 0.200. The van der Waals surface area contributed by atoms with Crippen molar-refractivity contribution in [1.29, 1.82) is 0 Å². The third-order valence-electron chi connectivity index (χ3n) is 1.92. The molecular weight excluding hydrogens is 164 g/mol. The molecule has 0 radical (unpaired) electrons. The Bertz CT molecular complexity index is 332. The molecule has 1 aromatic rings. The minimum absolute atomic E-state index is 0.0636. The van der Waals surface area contributed by atoms with E-state index in [1.54, 1.807) is 6.21 Å². The van der Waals surface area contributed by atoms with E-state index in [0.29, 0.717) is 6.42 Å². The number of carbonyl (C=O) groups excluding carboxylic acids is 1. The Kier molecular flexibility index (Phi) is 2.08. The maximum atomic E-state index is 11.4. The average Bonchev–Trinajstić information content (AvgIpc) is 2.20. The van der Waals surface area contributed by atoms with Crippen molar-refractivity contribution in [3.8, 4) is 0 Å². The van der Waals surface area contributed by atoms with E-state index in [9.17, 15) is 4.79 Å². The molecule has 66 valence electrons. The first-order chi connectivity index (χ1) is 6.38. The molecule has 3 heteroatoms. The fourth-order valence-electron chi connectivity index (χ4n) is 1.28. The highest BCUT2D eigenvalue weighted by Crippen LogP contribution is 2.17. The molecule has 0 atom stereocenters. The summed E-state index contributed by atoms with van der Waals surface area (Å²) in [4.78, 5) is 11.4. The highest BCUT2D eigenvalue weighted by Gasteiger charge is 2.16. The van der Waals surface area contributed by atoms with E-state index in [2.05, 4.69) is 5.10 Å². The van der Waals surface area contributed by atoms with Gasteiger partial charge in [0.05, 0.1) is 5.69 Å². The van der Waals surface area contributed by atoms with Crippen LogP contribution in [0.4, 0.5) is 5.69 Å². The van der Waals surface area contributed by atoms with Gasteiger partial charge in [-0.2, -0.15) is 5.10 Å². The Morgan fingerprint density at radius 2 is 2.00 bits per heavy atom. The van der Waals surface area contributed by atoms with Gasteiger partial charge in [-0.05, 0) is 18.6 Å². The summed E-state index contributed by atoms with van der Waals surface area (Å²) in [5, 5.41) is 5.49. The van der Waals surface area contributed by atoms with E-state index in [4.69, 9.17) is 0 Å². The fourth-order valence-corrected chi connectivity index (χ4v) is 1.28. The molecule has 0 spiro atoms. The van der Waals surface area contributed by atoms with Crippen LogP contribution in [0.1, 0.15) is 12.8 Å². The average molecular weight is 174 g/mol. The van der Waals surface area contributed by atoms with Gasteiger partial charge in [0, 0.05) is 12.6 Å². The number of nitrogens with zero attached hydrogens (tertiary/aromatic N) is 2. The third-order valence-corrected chi connectivity index (χ3v) is 1.92. The van der Waals surface area contributed by atoms with Crippen LogP contribution in [0, 0.1) is 0 Å². The molecule has 0 saturated heterocycles. The first kappa shape index (κ1) is 7.98. The van der Waals surface area contributed by atoms with Crippen molar-refractivity contribution in [3.63, 3.8) is 0 Å². The third kappa shape index (κ3) is 1.59. The quantitative estimate of drug-likeness (QED) is 0.639. The Labute approximate surface area is 76.7 Å². The Balaban J connectivity index is 2.30. The number of hydrazone groups is 1. The minimum Gasteiger partial charge on any atom is -0.273 e. The number of amides is 1. The number of para-hydroxylation sites is 1. The smallest absolute Gasteiger partial charge is 0.247 e. The van der Waals surface area contributed by atoms with Crippen molar-refractivity contribution < 1.29 is 4.79 Å². The Morgan fingerprint density at radius 1 is 1.23 bits per heavy atom. The second-order valence-electron chi connectivity index (χ2n) is 2.88. The van der Waals surface area contributed by atoms with E-state index in [1.165, 1.54) is 5.01 Å². The van der Waals surface area contributed by atoms with Crippen molar-refractivity contribution in [2.24, 2.45) is 5.10 Å². The summed E-state index contributed by atoms with van der Waals surface area (Å²) in [6.07, 6.45) is 3.08. The molecule has 1 heterocycles. The van der Waals surface area contributed by atoms with Gasteiger partial charge in [-0.15, -0.1) is 0 Å². The molecule has 0 fully saturated rings. The lowest BCUT2D eigenvalue weighted by atomic mass is 10.2. The Hall–Kier alpha value is -1.64. The Morgan fingerprint density at radius 3 is 2.69 bits per heavy atom. The molecule has 1 aliphatic rings. The van der Waals surface area contributed by atoms with E-state index in [0.717, 1.165) is 12.1 Å². The number of benzene rings is 1. The summed E-state index contributed by atoms with van der Waals surface area (Å²) in [7, 11) is 0. The second kappa shape index (κ2) is 3.39. The van der Waals surface area contributed by atoms with Crippen LogP contribution in [0.3, 0.4) is 0 Å². The van der Waals surface area contributed by atoms with Crippen LogP contribution in [0.25, 0.3) is 0 Å². The lowest BCUT2D eigenvalue weighted by molar-refractivity contribution is -0.118. The van der Waals surface area contributed by atoms with Crippen LogP contribution < -0.4 is 5.01 Å². The molecule has 0 aliphatic carbocycles. The SMILES string of the molecule is O=C1CCC=NN1c1ccccc1. The van der Waals surface area contributed by atoms with Gasteiger partial charge in [-0.25, -0.2) is 5.01 Å². The van der Waals surface area contributed by atoms with Crippen molar-refractivity contribution in [3.05, 3.63) is 30.3 Å². The zero-order valence-corrected chi connectivity index (χ0v) is 7.18. The first-order valence-electron chi connectivity index (χ1n) is 4.28. The van der Waals surface area contributed by atoms with Crippen molar-refractivity contribution in [1.82, 2.24) is 0 Å². The number of rotatable bonds is 1. The first-order valence-corrected chi connectivity index (χ1v) is 4.28. The van der Waals surface area contributed by atoms with Gasteiger partial charge in [-0.3, -0.25) is 4.79 Å². The van der Waals surface area contributed by atoms with Gasteiger partial charge in [-0.1, -0.05) is 18.2 Å². The van der Waals surface area contributed by atoms with E-state index >= 15 is 0 Å².